The number of hydrogen-bond donors (Lipinski definition) is 2. The number of aromatic amines is 1. The third-order valence-electron chi connectivity index (χ3n) is 3.48. The Labute approximate surface area is 125 Å². The van der Waals surface area contributed by atoms with E-state index in [0.717, 1.165) is 37.3 Å². The summed E-state index contributed by atoms with van der Waals surface area (Å²) in [4.78, 5) is 26.1. The highest BCUT2D eigenvalue weighted by Crippen LogP contribution is 2.01. The molecule has 2 N–H and O–H groups in total. The lowest BCUT2D eigenvalue weighted by molar-refractivity contribution is -0.121. The number of carbonyl (C=O) groups is 1. The van der Waals surface area contributed by atoms with Crippen LogP contribution in [0.5, 0.6) is 0 Å². The summed E-state index contributed by atoms with van der Waals surface area (Å²) in [6.45, 7) is 8.35. The number of carbonyl (C=O) groups excluding carboxylic acids is 1. The molecular weight excluding hydrogens is 270 g/mol. The highest BCUT2D eigenvalue weighted by molar-refractivity contribution is 5.75. The van der Waals surface area contributed by atoms with E-state index in [-0.39, 0.29) is 11.6 Å². The molecule has 0 saturated heterocycles. The highest BCUT2D eigenvalue weighted by Gasteiger charge is 2.08. The Hall–Kier alpha value is -1.56. The summed E-state index contributed by atoms with van der Waals surface area (Å²) in [5.74, 6) is -0.0336. The Morgan fingerprint density at radius 1 is 1.29 bits per heavy atom. The van der Waals surface area contributed by atoms with Gasteiger partial charge in [-0.2, -0.15) is 0 Å². The van der Waals surface area contributed by atoms with Gasteiger partial charge in [0.2, 0.25) is 5.91 Å². The fraction of sp³-hybridized carbons (Fsp3) is 0.733. The lowest BCUT2D eigenvalue weighted by Crippen LogP contribution is -2.28. The zero-order valence-electron chi connectivity index (χ0n) is 13.3. The van der Waals surface area contributed by atoms with E-state index in [1.807, 2.05) is 13.8 Å². The van der Waals surface area contributed by atoms with Gasteiger partial charge in [0.05, 0.1) is 0 Å². The highest BCUT2D eigenvalue weighted by atomic mass is 16.5. The zero-order valence-corrected chi connectivity index (χ0v) is 13.3. The van der Waals surface area contributed by atoms with E-state index in [0.29, 0.717) is 26.1 Å². The maximum atomic E-state index is 11.7. The predicted octanol–water partition coefficient (Wildman–Crippen LogP) is 1.51. The van der Waals surface area contributed by atoms with Gasteiger partial charge in [-0.1, -0.05) is 13.3 Å². The van der Waals surface area contributed by atoms with Gasteiger partial charge in [0.25, 0.3) is 0 Å². The van der Waals surface area contributed by atoms with E-state index < -0.39 is 0 Å². The van der Waals surface area contributed by atoms with Crippen molar-refractivity contribution in [2.24, 2.45) is 0 Å². The zero-order chi connectivity index (χ0) is 15.7. The summed E-state index contributed by atoms with van der Waals surface area (Å²) in [5, 5.41) is 2.85. The van der Waals surface area contributed by atoms with Gasteiger partial charge < -0.3 is 15.0 Å². The smallest absolute Gasteiger partial charge is 0.325 e. The van der Waals surface area contributed by atoms with Crippen LogP contribution in [0.25, 0.3) is 0 Å². The molecule has 1 aromatic rings. The molecule has 0 aliphatic heterocycles. The quantitative estimate of drug-likeness (QED) is 0.643. The second-order valence-electron chi connectivity index (χ2n) is 5.21. The molecule has 0 aliphatic rings. The maximum Gasteiger partial charge on any atom is 0.325 e. The van der Waals surface area contributed by atoms with Crippen molar-refractivity contribution in [2.45, 2.75) is 53.0 Å². The van der Waals surface area contributed by atoms with Crippen LogP contribution in [0.15, 0.2) is 4.79 Å². The summed E-state index contributed by atoms with van der Waals surface area (Å²) in [7, 11) is 0. The number of amides is 1. The van der Waals surface area contributed by atoms with Gasteiger partial charge in [-0.3, -0.25) is 9.36 Å². The van der Waals surface area contributed by atoms with Gasteiger partial charge in [-0.05, 0) is 26.7 Å². The van der Waals surface area contributed by atoms with E-state index in [1.54, 1.807) is 4.57 Å². The van der Waals surface area contributed by atoms with Gasteiger partial charge in [-0.25, -0.2) is 4.79 Å². The summed E-state index contributed by atoms with van der Waals surface area (Å²) in [6, 6.07) is 0. The van der Waals surface area contributed by atoms with Gasteiger partial charge in [0, 0.05) is 44.1 Å². The molecule has 0 aliphatic carbocycles. The van der Waals surface area contributed by atoms with Gasteiger partial charge >= 0.3 is 5.69 Å². The monoisotopic (exact) mass is 297 g/mol. The molecule has 21 heavy (non-hydrogen) atoms. The van der Waals surface area contributed by atoms with Crippen LogP contribution < -0.4 is 11.0 Å². The first-order chi connectivity index (χ1) is 10.1. The minimum atomic E-state index is -0.151. The number of imidazole rings is 1. The molecular formula is C15H27N3O3. The van der Waals surface area contributed by atoms with Crippen molar-refractivity contribution in [2.75, 3.05) is 19.8 Å². The number of aryl methyl sites for hydroxylation is 1. The number of hydrogen-bond acceptors (Lipinski definition) is 3. The number of ether oxygens (including phenoxy) is 1. The first-order valence-corrected chi connectivity index (χ1v) is 7.66. The fourth-order valence-corrected chi connectivity index (χ4v) is 1.99. The number of nitrogens with one attached hydrogen (secondary N) is 2. The Bertz CT molecular complexity index is 491. The molecule has 1 amide bonds. The number of unbranched alkanes of at least 4 members (excludes halogenated alkanes) is 1. The van der Waals surface area contributed by atoms with Crippen molar-refractivity contribution in [3.8, 4) is 0 Å². The summed E-state index contributed by atoms with van der Waals surface area (Å²) in [5.41, 5.74) is 1.59. The SMILES string of the molecule is CCCCOCCCNC(=O)CCn1c(C)c(C)[nH]c1=O. The predicted molar refractivity (Wildman–Crippen MR) is 82.5 cm³/mol. The van der Waals surface area contributed by atoms with Gasteiger partial charge in [0.1, 0.15) is 0 Å². The van der Waals surface area contributed by atoms with Crippen molar-refractivity contribution in [3.63, 3.8) is 0 Å². The van der Waals surface area contributed by atoms with Crippen molar-refractivity contribution >= 4 is 5.91 Å². The first-order valence-electron chi connectivity index (χ1n) is 7.66. The van der Waals surface area contributed by atoms with Gasteiger partial charge in [0.15, 0.2) is 0 Å². The summed E-state index contributed by atoms with van der Waals surface area (Å²) in [6.07, 6.45) is 3.34. The third-order valence-corrected chi connectivity index (χ3v) is 3.48. The number of H-pyrrole nitrogens is 1. The van der Waals surface area contributed by atoms with Crippen LogP contribution in [0, 0.1) is 13.8 Å². The van der Waals surface area contributed by atoms with Crippen LogP contribution in [0.1, 0.15) is 44.0 Å². The van der Waals surface area contributed by atoms with Crippen molar-refractivity contribution in [1.82, 2.24) is 14.9 Å². The van der Waals surface area contributed by atoms with E-state index in [2.05, 4.69) is 17.2 Å². The normalized spacial score (nSPS) is 10.8. The van der Waals surface area contributed by atoms with E-state index in [4.69, 9.17) is 4.74 Å². The number of nitrogens with zero attached hydrogens (tertiary/aromatic N) is 1. The molecule has 1 aromatic heterocycles. The fourth-order valence-electron chi connectivity index (χ4n) is 1.99. The Morgan fingerprint density at radius 3 is 2.62 bits per heavy atom. The average molecular weight is 297 g/mol. The van der Waals surface area contributed by atoms with Crippen LogP contribution in [0.3, 0.4) is 0 Å². The standard InChI is InChI=1S/C15H27N3O3/c1-4-5-10-21-11-6-8-16-14(19)7-9-18-13(3)12(2)17-15(18)20/h4-11H2,1-3H3,(H,16,19)(H,17,20). The van der Waals surface area contributed by atoms with E-state index in [9.17, 15) is 9.59 Å². The number of rotatable bonds is 10. The van der Waals surface area contributed by atoms with Crippen LogP contribution >= 0.6 is 0 Å². The van der Waals surface area contributed by atoms with Gasteiger partial charge in [-0.15, -0.1) is 0 Å². The molecule has 0 fully saturated rings. The summed E-state index contributed by atoms with van der Waals surface area (Å²) >= 11 is 0. The molecule has 0 radical (unpaired) electrons. The Kier molecular flexibility index (Phi) is 7.82. The molecule has 0 saturated carbocycles. The molecule has 0 aromatic carbocycles. The van der Waals surface area contributed by atoms with Crippen LogP contribution in [-0.4, -0.2) is 35.2 Å². The van der Waals surface area contributed by atoms with Crippen LogP contribution in [0.2, 0.25) is 0 Å². The second kappa shape index (κ2) is 9.39. The molecule has 1 heterocycles. The van der Waals surface area contributed by atoms with E-state index >= 15 is 0 Å². The molecule has 0 atom stereocenters. The average Bonchev–Trinajstić information content (AvgIpc) is 2.69. The van der Waals surface area contributed by atoms with E-state index in [1.165, 1.54) is 0 Å². The molecule has 1 rings (SSSR count). The summed E-state index contributed by atoms with van der Waals surface area (Å²) < 4.78 is 7.02. The van der Waals surface area contributed by atoms with Crippen molar-refractivity contribution in [1.29, 1.82) is 0 Å². The second-order valence-corrected chi connectivity index (χ2v) is 5.21. The Morgan fingerprint density at radius 2 is 2.00 bits per heavy atom. The Balaban J connectivity index is 2.15. The first kappa shape index (κ1) is 17.5. The molecule has 6 heteroatoms. The largest absolute Gasteiger partial charge is 0.381 e. The van der Waals surface area contributed by atoms with Crippen LogP contribution in [0.4, 0.5) is 0 Å². The molecule has 6 nitrogen and oxygen atoms in total. The minimum Gasteiger partial charge on any atom is -0.381 e. The molecule has 0 unspecified atom stereocenters. The maximum absolute atomic E-state index is 11.7. The lowest BCUT2D eigenvalue weighted by atomic mass is 10.3. The van der Waals surface area contributed by atoms with Crippen molar-refractivity contribution in [3.05, 3.63) is 21.9 Å². The van der Waals surface area contributed by atoms with Crippen LogP contribution in [-0.2, 0) is 16.1 Å². The molecule has 120 valence electrons. The number of aromatic nitrogens is 2. The topological polar surface area (TPSA) is 76.1 Å². The molecule has 0 bridgehead atoms. The lowest BCUT2D eigenvalue weighted by Gasteiger charge is -2.07. The third kappa shape index (κ3) is 6.16. The minimum absolute atomic E-state index is 0.0336. The molecule has 0 spiro atoms. The van der Waals surface area contributed by atoms with Crippen molar-refractivity contribution < 1.29 is 9.53 Å².